The van der Waals surface area contributed by atoms with Crippen molar-refractivity contribution in [2.24, 2.45) is 0 Å². The third-order valence-corrected chi connectivity index (χ3v) is 4.23. The van der Waals surface area contributed by atoms with Crippen molar-refractivity contribution in [1.82, 2.24) is 0 Å². The molecule has 0 saturated carbocycles. The smallest absolute Gasteiger partial charge is 0.297 e. The van der Waals surface area contributed by atoms with Crippen LogP contribution >= 0.6 is 0 Å². The molecule has 2 rings (SSSR count). The Kier molecular flexibility index (Phi) is 3.72. The molecule has 1 aliphatic rings. The van der Waals surface area contributed by atoms with E-state index in [-0.39, 0.29) is 11.5 Å². The van der Waals surface area contributed by atoms with Gasteiger partial charge in [-0.2, -0.15) is 8.42 Å². The van der Waals surface area contributed by atoms with Crippen LogP contribution in [0.25, 0.3) is 0 Å². The van der Waals surface area contributed by atoms with Crippen molar-refractivity contribution in [1.29, 1.82) is 0 Å². The van der Waals surface area contributed by atoms with E-state index in [1.54, 1.807) is 12.1 Å². The first-order chi connectivity index (χ1) is 8.47. The lowest BCUT2D eigenvalue weighted by molar-refractivity contribution is -0.208. The molecule has 0 N–H and O–H groups in total. The highest BCUT2D eigenvalue weighted by molar-refractivity contribution is 7.86. The first-order valence-corrected chi connectivity index (χ1v) is 6.97. The lowest BCUT2D eigenvalue weighted by Crippen LogP contribution is -2.55. The fourth-order valence-corrected chi connectivity index (χ4v) is 2.52. The third kappa shape index (κ3) is 2.72. The second kappa shape index (κ2) is 4.97. The minimum atomic E-state index is -3.73. The maximum absolute atomic E-state index is 11.9. The van der Waals surface area contributed by atoms with Gasteiger partial charge in [-0.3, -0.25) is 4.18 Å². The molecular weight excluding hydrogens is 256 g/mol. The summed E-state index contributed by atoms with van der Waals surface area (Å²) in [5, 5.41) is 0. The normalized spacial score (nSPS) is 18.3. The van der Waals surface area contributed by atoms with E-state index < -0.39 is 15.7 Å². The van der Waals surface area contributed by atoms with Crippen molar-refractivity contribution >= 4 is 10.1 Å². The monoisotopic (exact) mass is 272 g/mol. The van der Waals surface area contributed by atoms with E-state index in [4.69, 9.17) is 13.7 Å². The number of methoxy groups -OCH3 is 1. The zero-order valence-electron chi connectivity index (χ0n) is 10.4. The molecule has 100 valence electrons. The molecule has 1 saturated heterocycles. The van der Waals surface area contributed by atoms with Gasteiger partial charge in [0, 0.05) is 7.11 Å². The van der Waals surface area contributed by atoms with Gasteiger partial charge in [0.25, 0.3) is 10.1 Å². The lowest BCUT2D eigenvalue weighted by Gasteiger charge is -2.39. The Balaban J connectivity index is 2.05. The van der Waals surface area contributed by atoms with Crippen LogP contribution in [0.15, 0.2) is 29.2 Å². The van der Waals surface area contributed by atoms with Gasteiger partial charge in [-0.15, -0.1) is 0 Å². The molecule has 5 nitrogen and oxygen atoms in total. The highest BCUT2D eigenvalue weighted by Crippen LogP contribution is 2.23. The third-order valence-electron chi connectivity index (χ3n) is 2.95. The van der Waals surface area contributed by atoms with Crippen LogP contribution in [0, 0.1) is 6.92 Å². The van der Waals surface area contributed by atoms with Crippen molar-refractivity contribution < 1.29 is 22.1 Å². The summed E-state index contributed by atoms with van der Waals surface area (Å²) in [6, 6.07) is 6.52. The number of benzene rings is 1. The van der Waals surface area contributed by atoms with Crippen molar-refractivity contribution in [3.8, 4) is 0 Å². The lowest BCUT2D eigenvalue weighted by atomic mass is 10.0. The maximum atomic E-state index is 11.9. The first-order valence-electron chi connectivity index (χ1n) is 5.56. The van der Waals surface area contributed by atoms with Gasteiger partial charge in [0.2, 0.25) is 0 Å². The molecule has 1 aromatic rings. The molecule has 0 aliphatic carbocycles. The van der Waals surface area contributed by atoms with Crippen molar-refractivity contribution in [3.05, 3.63) is 29.8 Å². The van der Waals surface area contributed by atoms with Crippen LogP contribution in [0.1, 0.15) is 5.56 Å². The predicted octanol–water partition coefficient (Wildman–Crippen LogP) is 1.12. The minimum absolute atomic E-state index is 0.0281. The predicted molar refractivity (Wildman–Crippen MR) is 64.9 cm³/mol. The summed E-state index contributed by atoms with van der Waals surface area (Å²) in [5.74, 6) is 0. The number of hydrogen-bond acceptors (Lipinski definition) is 5. The Labute approximate surface area is 107 Å². The fourth-order valence-electron chi connectivity index (χ4n) is 1.55. The summed E-state index contributed by atoms with van der Waals surface area (Å²) in [6.07, 6.45) is 0. The second-order valence-corrected chi connectivity index (χ2v) is 6.02. The van der Waals surface area contributed by atoms with Crippen LogP contribution < -0.4 is 0 Å². The molecule has 6 heteroatoms. The standard InChI is InChI=1S/C12H16O5S/c1-10-3-5-11(6-4-10)18(13,14)17-9-12(15-2)7-16-8-12/h3-6H,7-9H2,1-2H3. The van der Waals surface area contributed by atoms with Gasteiger partial charge in [0.05, 0.1) is 18.1 Å². The summed E-state index contributed by atoms with van der Waals surface area (Å²) >= 11 is 0. The van der Waals surface area contributed by atoms with E-state index in [9.17, 15) is 8.42 Å². The molecule has 1 heterocycles. The summed E-state index contributed by atoms with van der Waals surface area (Å²) in [4.78, 5) is 0.152. The van der Waals surface area contributed by atoms with Gasteiger partial charge in [0.15, 0.2) is 0 Å². The van der Waals surface area contributed by atoms with Gasteiger partial charge in [-0.1, -0.05) is 17.7 Å². The molecule has 0 unspecified atom stereocenters. The SMILES string of the molecule is COC1(COS(=O)(=O)c2ccc(C)cc2)COC1. The molecule has 1 fully saturated rings. The van der Waals surface area contributed by atoms with Gasteiger partial charge >= 0.3 is 0 Å². The van der Waals surface area contributed by atoms with Crippen molar-refractivity contribution in [2.75, 3.05) is 26.9 Å². The average molecular weight is 272 g/mol. The molecule has 0 radical (unpaired) electrons. The molecule has 0 atom stereocenters. The molecule has 0 amide bonds. The second-order valence-electron chi connectivity index (χ2n) is 4.41. The van der Waals surface area contributed by atoms with Gasteiger partial charge in [0.1, 0.15) is 12.2 Å². The zero-order chi connectivity index (χ0) is 13.2. The quantitative estimate of drug-likeness (QED) is 0.752. The number of aryl methyl sites for hydroxylation is 1. The summed E-state index contributed by atoms with van der Waals surface area (Å²) in [7, 11) is -2.21. The van der Waals surface area contributed by atoms with E-state index in [1.165, 1.54) is 19.2 Å². The van der Waals surface area contributed by atoms with E-state index in [2.05, 4.69) is 0 Å². The molecule has 0 spiro atoms. The molecule has 18 heavy (non-hydrogen) atoms. The topological polar surface area (TPSA) is 61.8 Å². The highest BCUT2D eigenvalue weighted by Gasteiger charge is 2.40. The van der Waals surface area contributed by atoms with Gasteiger partial charge in [-0.25, -0.2) is 0 Å². The first kappa shape index (κ1) is 13.5. The number of rotatable bonds is 5. The van der Waals surface area contributed by atoms with Crippen LogP contribution in [-0.4, -0.2) is 40.9 Å². The van der Waals surface area contributed by atoms with Gasteiger partial charge in [-0.05, 0) is 19.1 Å². The van der Waals surface area contributed by atoms with Crippen molar-refractivity contribution in [2.45, 2.75) is 17.4 Å². The van der Waals surface area contributed by atoms with Crippen molar-refractivity contribution in [3.63, 3.8) is 0 Å². The van der Waals surface area contributed by atoms with E-state index in [0.717, 1.165) is 5.56 Å². The Morgan fingerprint density at radius 2 is 1.89 bits per heavy atom. The number of ether oxygens (including phenoxy) is 2. The van der Waals surface area contributed by atoms with E-state index >= 15 is 0 Å². The van der Waals surface area contributed by atoms with Crippen LogP contribution in [0.4, 0.5) is 0 Å². The molecule has 1 aliphatic heterocycles. The fraction of sp³-hybridized carbons (Fsp3) is 0.500. The van der Waals surface area contributed by atoms with E-state index in [1.807, 2.05) is 6.92 Å². The van der Waals surface area contributed by atoms with Gasteiger partial charge < -0.3 is 9.47 Å². The Morgan fingerprint density at radius 3 is 2.33 bits per heavy atom. The Hall–Kier alpha value is -0.950. The summed E-state index contributed by atoms with van der Waals surface area (Å²) in [5.41, 5.74) is 0.368. The van der Waals surface area contributed by atoms with Crippen LogP contribution in [-0.2, 0) is 23.8 Å². The molecular formula is C12H16O5S. The Bertz CT molecular complexity index is 496. The minimum Gasteiger partial charge on any atom is -0.375 e. The van der Waals surface area contributed by atoms with E-state index in [0.29, 0.717) is 13.2 Å². The summed E-state index contributed by atoms with van der Waals surface area (Å²) < 4.78 is 39.1. The summed E-state index contributed by atoms with van der Waals surface area (Å²) in [6.45, 7) is 2.57. The average Bonchev–Trinajstić information content (AvgIpc) is 2.29. The Morgan fingerprint density at radius 1 is 1.28 bits per heavy atom. The maximum Gasteiger partial charge on any atom is 0.297 e. The van der Waals surface area contributed by atoms with Crippen LogP contribution in [0.5, 0.6) is 0 Å². The molecule has 1 aromatic carbocycles. The molecule has 0 bridgehead atoms. The highest BCUT2D eigenvalue weighted by atomic mass is 32.2. The largest absolute Gasteiger partial charge is 0.375 e. The zero-order valence-corrected chi connectivity index (χ0v) is 11.2. The van der Waals surface area contributed by atoms with Crippen LogP contribution in [0.3, 0.4) is 0 Å². The number of hydrogen-bond donors (Lipinski definition) is 0. The molecule has 0 aromatic heterocycles. The van der Waals surface area contributed by atoms with Crippen LogP contribution in [0.2, 0.25) is 0 Å².